The Bertz CT molecular complexity index is 490. The van der Waals surface area contributed by atoms with Gasteiger partial charge in [0.05, 0.1) is 25.8 Å². The van der Waals surface area contributed by atoms with E-state index in [0.717, 1.165) is 19.5 Å². The molecule has 0 saturated carbocycles. The van der Waals surface area contributed by atoms with E-state index in [1.165, 1.54) is 5.69 Å². The van der Waals surface area contributed by atoms with Crippen LogP contribution in [0.4, 0.5) is 0 Å². The molecule has 1 N–H and O–H groups in total. The van der Waals surface area contributed by atoms with Gasteiger partial charge < -0.3 is 14.6 Å². The Morgan fingerprint density at radius 3 is 2.86 bits per heavy atom. The van der Waals surface area contributed by atoms with Crippen molar-refractivity contribution in [1.82, 2.24) is 14.8 Å². The lowest BCUT2D eigenvalue weighted by atomic mass is 9.92. The predicted octanol–water partition coefficient (Wildman–Crippen LogP) is 1.95. The first kappa shape index (κ1) is 17.0. The molecule has 2 rings (SSSR count). The fourth-order valence-electron chi connectivity index (χ4n) is 2.74. The summed E-state index contributed by atoms with van der Waals surface area (Å²) in [5, 5.41) is 3.04. The molecule has 0 bridgehead atoms. The van der Waals surface area contributed by atoms with E-state index in [0.29, 0.717) is 19.8 Å². The number of amides is 1. The topological polar surface area (TPSA) is 46.5 Å². The van der Waals surface area contributed by atoms with Crippen LogP contribution in [0, 0.1) is 5.41 Å². The zero-order valence-corrected chi connectivity index (χ0v) is 14.3. The minimum absolute atomic E-state index is 0.102. The van der Waals surface area contributed by atoms with Crippen molar-refractivity contribution < 1.29 is 9.53 Å². The van der Waals surface area contributed by atoms with E-state index in [1.807, 2.05) is 19.3 Å². The first-order valence-corrected chi connectivity index (χ1v) is 8.06. The second-order valence-electron chi connectivity index (χ2n) is 7.27. The molecule has 1 saturated heterocycles. The normalized spacial score (nSPS) is 20.1. The summed E-state index contributed by atoms with van der Waals surface area (Å²) in [5.74, 6) is 0.102. The maximum Gasteiger partial charge on any atom is 0.234 e. The highest BCUT2D eigenvalue weighted by Gasteiger charge is 2.27. The minimum atomic E-state index is 0.102. The Kier molecular flexibility index (Phi) is 5.64. The molecular formula is C17H29N3O2. The highest BCUT2D eigenvalue weighted by atomic mass is 16.5. The van der Waals surface area contributed by atoms with Crippen LogP contribution < -0.4 is 5.32 Å². The maximum atomic E-state index is 12.2. The van der Waals surface area contributed by atoms with Crippen molar-refractivity contribution in [3.05, 3.63) is 24.0 Å². The SMILES string of the molecule is Cn1cccc1[C@@H]1COCCN1CC(=O)NCCC(C)(C)C. The maximum absolute atomic E-state index is 12.2. The van der Waals surface area contributed by atoms with Crippen molar-refractivity contribution in [2.75, 3.05) is 32.8 Å². The molecular weight excluding hydrogens is 278 g/mol. The summed E-state index contributed by atoms with van der Waals surface area (Å²) >= 11 is 0. The van der Waals surface area contributed by atoms with Crippen LogP contribution in [0.5, 0.6) is 0 Å². The third kappa shape index (κ3) is 4.85. The van der Waals surface area contributed by atoms with Crippen LogP contribution >= 0.6 is 0 Å². The highest BCUT2D eigenvalue weighted by Crippen LogP contribution is 2.23. The molecule has 0 spiro atoms. The molecule has 0 aromatic carbocycles. The molecule has 22 heavy (non-hydrogen) atoms. The third-order valence-electron chi connectivity index (χ3n) is 4.11. The molecule has 0 aliphatic carbocycles. The van der Waals surface area contributed by atoms with E-state index in [2.05, 4.69) is 41.6 Å². The molecule has 1 amide bonds. The van der Waals surface area contributed by atoms with Gasteiger partial charge in [0.25, 0.3) is 0 Å². The highest BCUT2D eigenvalue weighted by molar-refractivity contribution is 5.78. The van der Waals surface area contributed by atoms with Crippen LogP contribution in [-0.2, 0) is 16.6 Å². The van der Waals surface area contributed by atoms with Crippen molar-refractivity contribution in [3.63, 3.8) is 0 Å². The van der Waals surface area contributed by atoms with Crippen molar-refractivity contribution in [1.29, 1.82) is 0 Å². The average Bonchev–Trinajstić information content (AvgIpc) is 2.84. The number of aryl methyl sites for hydroxylation is 1. The Morgan fingerprint density at radius 2 is 2.23 bits per heavy atom. The number of carbonyl (C=O) groups is 1. The molecule has 1 fully saturated rings. The lowest BCUT2D eigenvalue weighted by molar-refractivity contribution is -0.124. The number of morpholine rings is 1. The van der Waals surface area contributed by atoms with Gasteiger partial charge in [-0.1, -0.05) is 20.8 Å². The summed E-state index contributed by atoms with van der Waals surface area (Å²) in [4.78, 5) is 14.4. The number of nitrogens with zero attached hydrogens (tertiary/aromatic N) is 2. The van der Waals surface area contributed by atoms with Crippen LogP contribution in [0.15, 0.2) is 18.3 Å². The predicted molar refractivity (Wildman–Crippen MR) is 87.6 cm³/mol. The van der Waals surface area contributed by atoms with E-state index < -0.39 is 0 Å². The smallest absolute Gasteiger partial charge is 0.234 e. The molecule has 1 aliphatic heterocycles. The Labute approximate surface area is 133 Å². The summed E-state index contributed by atoms with van der Waals surface area (Å²) < 4.78 is 7.71. The lowest BCUT2D eigenvalue weighted by Gasteiger charge is -2.35. The van der Waals surface area contributed by atoms with Crippen LogP contribution in [-0.4, -0.2) is 48.2 Å². The molecule has 0 radical (unpaired) electrons. The van der Waals surface area contributed by atoms with Gasteiger partial charge >= 0.3 is 0 Å². The van der Waals surface area contributed by atoms with Gasteiger partial charge in [-0.15, -0.1) is 0 Å². The van der Waals surface area contributed by atoms with Crippen molar-refractivity contribution in [2.24, 2.45) is 12.5 Å². The largest absolute Gasteiger partial charge is 0.378 e. The Hall–Kier alpha value is -1.33. The van der Waals surface area contributed by atoms with E-state index >= 15 is 0 Å². The first-order chi connectivity index (χ1) is 10.4. The number of hydrogen-bond donors (Lipinski definition) is 1. The van der Waals surface area contributed by atoms with Crippen LogP contribution in [0.25, 0.3) is 0 Å². The Balaban J connectivity index is 1.89. The number of carbonyl (C=O) groups excluding carboxylic acids is 1. The number of ether oxygens (including phenoxy) is 1. The molecule has 0 unspecified atom stereocenters. The van der Waals surface area contributed by atoms with E-state index in [-0.39, 0.29) is 17.4 Å². The second kappa shape index (κ2) is 7.29. The van der Waals surface area contributed by atoms with E-state index in [9.17, 15) is 4.79 Å². The summed E-state index contributed by atoms with van der Waals surface area (Å²) in [6, 6.07) is 4.29. The lowest BCUT2D eigenvalue weighted by Crippen LogP contribution is -2.46. The van der Waals surface area contributed by atoms with Crippen LogP contribution in [0.2, 0.25) is 0 Å². The third-order valence-corrected chi connectivity index (χ3v) is 4.11. The van der Waals surface area contributed by atoms with Crippen molar-refractivity contribution in [2.45, 2.75) is 33.2 Å². The van der Waals surface area contributed by atoms with Crippen molar-refractivity contribution >= 4 is 5.91 Å². The summed E-state index contributed by atoms with van der Waals surface area (Å²) in [7, 11) is 2.03. The van der Waals surface area contributed by atoms with Gasteiger partial charge in [0.2, 0.25) is 5.91 Å². The second-order valence-corrected chi connectivity index (χ2v) is 7.27. The summed E-state index contributed by atoms with van der Waals surface area (Å²) in [5.41, 5.74) is 1.44. The van der Waals surface area contributed by atoms with Gasteiger partial charge in [-0.25, -0.2) is 0 Å². The zero-order valence-electron chi connectivity index (χ0n) is 14.3. The van der Waals surface area contributed by atoms with E-state index in [4.69, 9.17) is 4.74 Å². The first-order valence-electron chi connectivity index (χ1n) is 8.06. The zero-order chi connectivity index (χ0) is 16.2. The van der Waals surface area contributed by atoms with Crippen LogP contribution in [0.1, 0.15) is 38.9 Å². The number of hydrogen-bond acceptors (Lipinski definition) is 3. The van der Waals surface area contributed by atoms with Gasteiger partial charge in [0.15, 0.2) is 0 Å². The number of rotatable bonds is 5. The van der Waals surface area contributed by atoms with Gasteiger partial charge in [0.1, 0.15) is 0 Å². The Morgan fingerprint density at radius 1 is 1.45 bits per heavy atom. The van der Waals surface area contributed by atoms with Gasteiger partial charge in [0, 0.05) is 32.0 Å². The molecule has 1 aliphatic rings. The van der Waals surface area contributed by atoms with Gasteiger partial charge in [-0.2, -0.15) is 0 Å². The minimum Gasteiger partial charge on any atom is -0.378 e. The average molecular weight is 307 g/mol. The molecule has 5 heteroatoms. The molecule has 124 valence electrons. The van der Waals surface area contributed by atoms with Crippen LogP contribution in [0.3, 0.4) is 0 Å². The molecule has 2 heterocycles. The van der Waals surface area contributed by atoms with Gasteiger partial charge in [-0.05, 0) is 24.0 Å². The monoisotopic (exact) mass is 307 g/mol. The summed E-state index contributed by atoms with van der Waals surface area (Å²) in [6.07, 6.45) is 3.02. The molecule has 1 aromatic heterocycles. The summed E-state index contributed by atoms with van der Waals surface area (Å²) in [6.45, 7) is 9.86. The van der Waals surface area contributed by atoms with Crippen molar-refractivity contribution in [3.8, 4) is 0 Å². The molecule has 1 aromatic rings. The standard InChI is InChI=1S/C17H29N3O2/c1-17(2,3)7-8-18-16(21)12-20-10-11-22-13-15(20)14-6-5-9-19(14)4/h5-6,9,15H,7-8,10-13H2,1-4H3,(H,18,21)/t15-/m0/s1. The van der Waals surface area contributed by atoms with E-state index in [1.54, 1.807) is 0 Å². The molecule has 5 nitrogen and oxygen atoms in total. The quantitative estimate of drug-likeness (QED) is 0.904. The number of nitrogens with one attached hydrogen (secondary N) is 1. The fourth-order valence-corrected chi connectivity index (χ4v) is 2.74. The molecule has 1 atom stereocenters. The number of aromatic nitrogens is 1. The fraction of sp³-hybridized carbons (Fsp3) is 0.706. The van der Waals surface area contributed by atoms with Gasteiger partial charge in [-0.3, -0.25) is 9.69 Å².